The Bertz CT molecular complexity index is 523. The third-order valence-corrected chi connectivity index (χ3v) is 4.50. The van der Waals surface area contributed by atoms with Crippen LogP contribution in [0.3, 0.4) is 0 Å². The Kier molecular flexibility index (Phi) is 11.5. The van der Waals surface area contributed by atoms with Crippen molar-refractivity contribution in [3.8, 4) is 5.75 Å². The van der Waals surface area contributed by atoms with Gasteiger partial charge in [0.25, 0.3) is 0 Å². The molecule has 140 valence electrons. The van der Waals surface area contributed by atoms with Gasteiger partial charge in [0.1, 0.15) is 5.75 Å². The number of benzene rings is 1. The van der Waals surface area contributed by atoms with E-state index in [0.29, 0.717) is 0 Å². The van der Waals surface area contributed by atoms with E-state index in [0.717, 1.165) is 24.1 Å². The zero-order valence-electron chi connectivity index (χ0n) is 16.0. The van der Waals surface area contributed by atoms with E-state index in [-0.39, 0.29) is 11.7 Å². The third kappa shape index (κ3) is 10.6. The zero-order chi connectivity index (χ0) is 18.3. The molecule has 0 aromatic heterocycles. The van der Waals surface area contributed by atoms with Gasteiger partial charge in [-0.15, -0.1) is 0 Å². The fraction of sp³-hybridized carbons (Fsp3) is 0.591. The minimum atomic E-state index is -0.0524. The van der Waals surface area contributed by atoms with E-state index in [2.05, 4.69) is 12.2 Å². The Balaban J connectivity index is 2.02. The number of phenols is 1. The average molecular weight is 346 g/mol. The van der Waals surface area contributed by atoms with Crippen LogP contribution in [0, 0.1) is 6.92 Å². The number of rotatable bonds is 13. The number of amides is 1. The molecule has 0 fully saturated rings. The molecule has 1 aromatic carbocycles. The highest BCUT2D eigenvalue weighted by molar-refractivity contribution is 5.91. The van der Waals surface area contributed by atoms with E-state index in [1.807, 2.05) is 13.0 Å². The first-order valence-electron chi connectivity index (χ1n) is 9.89. The van der Waals surface area contributed by atoms with E-state index in [1.54, 1.807) is 24.3 Å². The molecule has 0 atom stereocenters. The Hall–Kier alpha value is -1.77. The summed E-state index contributed by atoms with van der Waals surface area (Å²) in [5.41, 5.74) is 1.91. The predicted octanol–water partition coefficient (Wildman–Crippen LogP) is 5.75. The molecule has 0 aliphatic heterocycles. The van der Waals surface area contributed by atoms with Gasteiger partial charge >= 0.3 is 0 Å². The summed E-state index contributed by atoms with van der Waals surface area (Å²) in [6, 6.07) is 5.15. The molecular formula is C22H35NO2. The molecule has 0 bridgehead atoms. The number of carbonyl (C=O) groups is 1. The Morgan fingerprint density at radius 1 is 1.00 bits per heavy atom. The van der Waals surface area contributed by atoms with Crippen LogP contribution in [0.15, 0.2) is 24.3 Å². The molecule has 1 amide bonds. The Labute approximate surface area is 153 Å². The Morgan fingerprint density at radius 3 is 2.20 bits per heavy atom. The summed E-state index contributed by atoms with van der Waals surface area (Å²) >= 11 is 0. The molecular weight excluding hydrogens is 310 g/mol. The van der Waals surface area contributed by atoms with Crippen molar-refractivity contribution in [1.29, 1.82) is 0 Å². The molecule has 0 spiro atoms. The smallest absolute Gasteiger partial charge is 0.243 e. The lowest BCUT2D eigenvalue weighted by Crippen LogP contribution is -2.21. The minimum absolute atomic E-state index is 0.0524. The van der Waals surface area contributed by atoms with Crippen molar-refractivity contribution >= 4 is 12.0 Å². The van der Waals surface area contributed by atoms with Crippen LogP contribution in [-0.2, 0) is 4.79 Å². The van der Waals surface area contributed by atoms with Gasteiger partial charge < -0.3 is 10.4 Å². The number of carbonyl (C=O) groups excluding carboxylic acids is 1. The van der Waals surface area contributed by atoms with Gasteiger partial charge in [-0.05, 0) is 42.7 Å². The predicted molar refractivity (Wildman–Crippen MR) is 107 cm³/mol. The van der Waals surface area contributed by atoms with Crippen LogP contribution in [0.1, 0.15) is 82.3 Å². The first-order chi connectivity index (χ1) is 12.1. The SMILES string of the molecule is CCCCCCCCCCCCNC(=O)/C=C/c1ccc(O)cc1C. The zero-order valence-corrected chi connectivity index (χ0v) is 16.0. The van der Waals surface area contributed by atoms with Crippen LogP contribution < -0.4 is 5.32 Å². The molecule has 25 heavy (non-hydrogen) atoms. The molecule has 0 heterocycles. The summed E-state index contributed by atoms with van der Waals surface area (Å²) < 4.78 is 0. The van der Waals surface area contributed by atoms with Gasteiger partial charge in [-0.3, -0.25) is 4.79 Å². The largest absolute Gasteiger partial charge is 0.508 e. The van der Waals surface area contributed by atoms with Gasteiger partial charge in [0, 0.05) is 12.6 Å². The standard InChI is InChI=1S/C22H35NO2/c1-3-4-5-6-7-8-9-10-11-12-17-23-22(25)16-14-20-13-15-21(24)18-19(20)2/h13-16,18,24H,3-12,17H2,1-2H3,(H,23,25)/b16-14+. The van der Waals surface area contributed by atoms with Gasteiger partial charge in [0.15, 0.2) is 0 Å². The van der Waals surface area contributed by atoms with Crippen molar-refractivity contribution in [2.75, 3.05) is 6.54 Å². The lowest BCUT2D eigenvalue weighted by atomic mass is 10.1. The van der Waals surface area contributed by atoms with Crippen molar-refractivity contribution in [3.63, 3.8) is 0 Å². The van der Waals surface area contributed by atoms with E-state index >= 15 is 0 Å². The van der Waals surface area contributed by atoms with Crippen LogP contribution in [0.5, 0.6) is 5.75 Å². The normalized spacial score (nSPS) is 11.1. The van der Waals surface area contributed by atoms with Crippen LogP contribution in [0.2, 0.25) is 0 Å². The molecule has 1 aromatic rings. The highest BCUT2D eigenvalue weighted by atomic mass is 16.3. The fourth-order valence-corrected chi connectivity index (χ4v) is 2.90. The van der Waals surface area contributed by atoms with E-state index in [1.165, 1.54) is 57.8 Å². The van der Waals surface area contributed by atoms with Crippen LogP contribution >= 0.6 is 0 Å². The van der Waals surface area contributed by atoms with Crippen LogP contribution in [0.4, 0.5) is 0 Å². The molecule has 0 saturated carbocycles. The molecule has 0 radical (unpaired) electrons. The molecule has 0 aliphatic carbocycles. The van der Waals surface area contributed by atoms with Crippen molar-refractivity contribution < 1.29 is 9.90 Å². The lowest BCUT2D eigenvalue weighted by Gasteiger charge is -2.04. The highest BCUT2D eigenvalue weighted by Gasteiger charge is 1.98. The van der Waals surface area contributed by atoms with Crippen LogP contribution in [-0.4, -0.2) is 17.6 Å². The molecule has 0 aliphatic rings. The van der Waals surface area contributed by atoms with E-state index in [9.17, 15) is 9.90 Å². The summed E-state index contributed by atoms with van der Waals surface area (Å²) in [5, 5.41) is 12.3. The van der Waals surface area contributed by atoms with Gasteiger partial charge in [-0.25, -0.2) is 0 Å². The van der Waals surface area contributed by atoms with E-state index < -0.39 is 0 Å². The summed E-state index contributed by atoms with van der Waals surface area (Å²) in [6.45, 7) is 4.91. The van der Waals surface area contributed by atoms with Crippen LogP contribution in [0.25, 0.3) is 6.08 Å². The number of hydrogen-bond acceptors (Lipinski definition) is 2. The van der Waals surface area contributed by atoms with Crippen molar-refractivity contribution in [2.45, 2.75) is 78.1 Å². The summed E-state index contributed by atoms with van der Waals surface area (Å²) in [7, 11) is 0. The van der Waals surface area contributed by atoms with Gasteiger partial charge in [-0.2, -0.15) is 0 Å². The lowest BCUT2D eigenvalue weighted by molar-refractivity contribution is -0.116. The Morgan fingerprint density at radius 2 is 1.60 bits per heavy atom. The maximum atomic E-state index is 11.8. The molecule has 3 heteroatoms. The van der Waals surface area contributed by atoms with Crippen molar-refractivity contribution in [1.82, 2.24) is 5.32 Å². The maximum absolute atomic E-state index is 11.8. The summed E-state index contributed by atoms with van der Waals surface area (Å²) in [4.78, 5) is 11.8. The van der Waals surface area contributed by atoms with Gasteiger partial charge in [-0.1, -0.05) is 70.8 Å². The molecule has 1 rings (SSSR count). The number of aromatic hydroxyl groups is 1. The monoisotopic (exact) mass is 345 g/mol. The molecule has 2 N–H and O–H groups in total. The summed E-state index contributed by atoms with van der Waals surface area (Å²) in [6.07, 6.45) is 16.4. The first-order valence-corrected chi connectivity index (χ1v) is 9.89. The van der Waals surface area contributed by atoms with Crippen molar-refractivity contribution in [3.05, 3.63) is 35.4 Å². The quantitative estimate of drug-likeness (QED) is 0.353. The second kappa shape index (κ2) is 13.5. The fourth-order valence-electron chi connectivity index (χ4n) is 2.90. The van der Waals surface area contributed by atoms with E-state index in [4.69, 9.17) is 0 Å². The molecule has 3 nitrogen and oxygen atoms in total. The first kappa shape index (κ1) is 21.3. The number of aryl methyl sites for hydroxylation is 1. The molecule has 0 unspecified atom stereocenters. The van der Waals surface area contributed by atoms with Crippen molar-refractivity contribution in [2.24, 2.45) is 0 Å². The highest BCUT2D eigenvalue weighted by Crippen LogP contribution is 2.16. The number of unbranched alkanes of at least 4 members (excludes halogenated alkanes) is 9. The second-order valence-corrected chi connectivity index (χ2v) is 6.85. The number of hydrogen-bond donors (Lipinski definition) is 2. The number of phenolic OH excluding ortho intramolecular Hbond substituents is 1. The summed E-state index contributed by atoms with van der Waals surface area (Å²) in [5.74, 6) is 0.198. The minimum Gasteiger partial charge on any atom is -0.508 e. The van der Waals surface area contributed by atoms with Gasteiger partial charge in [0.2, 0.25) is 5.91 Å². The number of nitrogens with one attached hydrogen (secondary N) is 1. The second-order valence-electron chi connectivity index (χ2n) is 6.85. The molecule has 0 saturated heterocycles. The third-order valence-electron chi connectivity index (χ3n) is 4.50. The average Bonchev–Trinajstić information content (AvgIpc) is 2.59. The van der Waals surface area contributed by atoms with Gasteiger partial charge in [0.05, 0.1) is 0 Å². The topological polar surface area (TPSA) is 49.3 Å². The maximum Gasteiger partial charge on any atom is 0.243 e.